The van der Waals surface area contributed by atoms with Crippen molar-refractivity contribution in [1.29, 1.82) is 0 Å². The molecule has 1 N–H and O–H groups in total. The molecule has 1 aliphatic heterocycles. The first-order valence-electron chi connectivity index (χ1n) is 10.6. The number of benzene rings is 1. The van der Waals surface area contributed by atoms with Crippen LogP contribution in [0.1, 0.15) is 64.9 Å². The predicted molar refractivity (Wildman–Crippen MR) is 130 cm³/mol. The summed E-state index contributed by atoms with van der Waals surface area (Å²) in [4.78, 5) is 24.6. The zero-order valence-electron chi connectivity index (χ0n) is 18.8. The fourth-order valence-electron chi connectivity index (χ4n) is 4.03. The quantitative estimate of drug-likeness (QED) is 0.434. The van der Waals surface area contributed by atoms with Crippen LogP contribution < -0.4 is 0 Å². The van der Waals surface area contributed by atoms with E-state index in [0.717, 1.165) is 21.6 Å². The van der Waals surface area contributed by atoms with E-state index in [9.17, 15) is 9.90 Å². The highest BCUT2D eigenvalue weighted by atomic mass is 35.5. The van der Waals surface area contributed by atoms with Gasteiger partial charge in [-0.3, -0.25) is 4.90 Å². The zero-order valence-corrected chi connectivity index (χ0v) is 21.1. The normalized spacial score (nSPS) is 16.9. The summed E-state index contributed by atoms with van der Waals surface area (Å²) in [6.07, 6.45) is 2.19. The van der Waals surface area contributed by atoms with Crippen LogP contribution in [0.4, 0.5) is 4.79 Å². The minimum atomic E-state index is -0.978. The molecule has 2 aromatic heterocycles. The van der Waals surface area contributed by atoms with Gasteiger partial charge in [-0.05, 0) is 69.0 Å². The molecule has 1 aliphatic rings. The number of rotatable bonds is 3. The van der Waals surface area contributed by atoms with Crippen LogP contribution in [0.25, 0.3) is 0 Å². The van der Waals surface area contributed by atoms with Crippen LogP contribution in [-0.4, -0.2) is 38.2 Å². The van der Waals surface area contributed by atoms with E-state index in [1.807, 2.05) is 52.0 Å². The Morgan fingerprint density at radius 2 is 2.03 bits per heavy atom. The molecule has 0 radical (unpaired) electrons. The maximum Gasteiger partial charge on any atom is 0.411 e. The van der Waals surface area contributed by atoms with Crippen molar-refractivity contribution < 1.29 is 14.6 Å². The summed E-state index contributed by atoms with van der Waals surface area (Å²) in [6, 6.07) is 7.32. The average Bonchev–Trinajstić information content (AvgIpc) is 3.12. The molecule has 6 nitrogen and oxygen atoms in total. The molecule has 2 atom stereocenters. The van der Waals surface area contributed by atoms with Gasteiger partial charge in [0, 0.05) is 33.1 Å². The number of fused-ring (bicyclic) bond motifs is 1. The Labute approximate surface area is 207 Å². The molecule has 1 amide bonds. The summed E-state index contributed by atoms with van der Waals surface area (Å²) < 4.78 is 5.73. The third kappa shape index (κ3) is 5.01. The molecule has 4 rings (SSSR count). The van der Waals surface area contributed by atoms with Crippen LogP contribution in [0.2, 0.25) is 10.2 Å². The molecular formula is C24H25Cl2N3O3S. The van der Waals surface area contributed by atoms with Crippen molar-refractivity contribution in [1.82, 2.24) is 14.9 Å². The van der Waals surface area contributed by atoms with E-state index in [2.05, 4.69) is 9.97 Å². The van der Waals surface area contributed by atoms with Gasteiger partial charge in [-0.25, -0.2) is 14.8 Å². The molecule has 174 valence electrons. The first-order valence-corrected chi connectivity index (χ1v) is 12.1. The Hall–Kier alpha value is -2.19. The van der Waals surface area contributed by atoms with Gasteiger partial charge < -0.3 is 9.84 Å². The number of hydrogen-bond donors (Lipinski definition) is 1. The highest BCUT2D eigenvalue weighted by Crippen LogP contribution is 2.43. The van der Waals surface area contributed by atoms with Crippen LogP contribution >= 0.6 is 34.5 Å². The third-order valence-electron chi connectivity index (χ3n) is 5.49. The van der Waals surface area contributed by atoms with Crippen molar-refractivity contribution in [2.45, 2.75) is 51.9 Å². The molecular weight excluding hydrogens is 481 g/mol. The van der Waals surface area contributed by atoms with Crippen LogP contribution in [-0.2, 0) is 11.2 Å². The number of halogens is 2. The molecule has 1 aromatic carbocycles. The van der Waals surface area contributed by atoms with Crippen molar-refractivity contribution in [2.75, 3.05) is 6.54 Å². The number of aryl methyl sites for hydroxylation is 1. The van der Waals surface area contributed by atoms with Crippen molar-refractivity contribution in [3.8, 4) is 0 Å². The van der Waals surface area contributed by atoms with Crippen LogP contribution in [0.3, 0.4) is 0 Å². The highest BCUT2D eigenvalue weighted by Gasteiger charge is 2.36. The lowest BCUT2D eigenvalue weighted by atomic mass is 9.88. The van der Waals surface area contributed by atoms with Gasteiger partial charge in [0.05, 0.1) is 6.04 Å². The van der Waals surface area contributed by atoms with E-state index in [4.69, 9.17) is 27.9 Å². The summed E-state index contributed by atoms with van der Waals surface area (Å²) in [7, 11) is 0. The predicted octanol–water partition coefficient (Wildman–Crippen LogP) is 6.12. The van der Waals surface area contributed by atoms with Crippen LogP contribution in [0.5, 0.6) is 0 Å². The number of aliphatic hydroxyl groups is 1. The summed E-state index contributed by atoms with van der Waals surface area (Å²) >= 11 is 14.0. The van der Waals surface area contributed by atoms with Crippen LogP contribution in [0, 0.1) is 6.92 Å². The van der Waals surface area contributed by atoms with Gasteiger partial charge in [0.1, 0.15) is 23.2 Å². The first-order chi connectivity index (χ1) is 15.5. The summed E-state index contributed by atoms with van der Waals surface area (Å²) in [5.74, 6) is 0. The number of aromatic nitrogens is 2. The van der Waals surface area contributed by atoms with Crippen molar-refractivity contribution in [3.05, 3.63) is 79.0 Å². The van der Waals surface area contributed by atoms with E-state index in [0.29, 0.717) is 28.4 Å². The highest BCUT2D eigenvalue weighted by molar-refractivity contribution is 7.12. The monoisotopic (exact) mass is 505 g/mol. The number of amides is 1. The van der Waals surface area contributed by atoms with Crippen LogP contribution in [0.15, 0.2) is 36.8 Å². The minimum absolute atomic E-state index is 0.204. The largest absolute Gasteiger partial charge is 0.444 e. The summed E-state index contributed by atoms with van der Waals surface area (Å²) in [5.41, 5.74) is 2.82. The zero-order chi connectivity index (χ0) is 23.9. The Balaban J connectivity index is 1.79. The minimum Gasteiger partial charge on any atom is -0.444 e. The number of carbonyl (C=O) groups excluding carboxylic acids is 1. The fourth-order valence-corrected chi connectivity index (χ4v) is 5.47. The lowest BCUT2D eigenvalue weighted by Gasteiger charge is -2.38. The molecule has 0 aliphatic carbocycles. The maximum atomic E-state index is 13.2. The van der Waals surface area contributed by atoms with E-state index in [-0.39, 0.29) is 17.3 Å². The number of hydrogen-bond acceptors (Lipinski definition) is 6. The van der Waals surface area contributed by atoms with Crippen molar-refractivity contribution >= 4 is 40.6 Å². The standard InChI is InChI=1S/C24H25Cl2N3O3S/c1-13-16(10-19(33-13)21(30)18-11-27-12-28-22(18)26)20-17-9-15(25)6-5-14(17)7-8-29(20)23(31)32-24(2,3)4/h5-6,9-12,20-21,30H,7-8H2,1-4H3. The number of thiophene rings is 1. The van der Waals surface area contributed by atoms with Gasteiger partial charge in [-0.1, -0.05) is 29.3 Å². The number of nitrogens with zero attached hydrogens (tertiary/aromatic N) is 3. The van der Waals surface area contributed by atoms with E-state index >= 15 is 0 Å². The average molecular weight is 506 g/mol. The van der Waals surface area contributed by atoms with E-state index in [1.165, 1.54) is 23.9 Å². The number of ether oxygens (including phenoxy) is 1. The lowest BCUT2D eigenvalue weighted by Crippen LogP contribution is -2.43. The molecule has 9 heteroatoms. The molecule has 0 saturated carbocycles. The molecule has 0 bridgehead atoms. The van der Waals surface area contributed by atoms with Crippen molar-refractivity contribution in [2.24, 2.45) is 0 Å². The molecule has 3 aromatic rings. The van der Waals surface area contributed by atoms with Gasteiger partial charge in [0.15, 0.2) is 0 Å². The second kappa shape index (κ2) is 9.22. The second-order valence-corrected chi connectivity index (χ2v) is 11.1. The van der Waals surface area contributed by atoms with Gasteiger partial charge >= 0.3 is 6.09 Å². The smallest absolute Gasteiger partial charge is 0.411 e. The van der Waals surface area contributed by atoms with E-state index in [1.54, 1.807) is 4.90 Å². The SMILES string of the molecule is Cc1sc(C(O)c2cncnc2Cl)cc1C1c2cc(Cl)ccc2CCN1C(=O)OC(C)(C)C. The lowest BCUT2D eigenvalue weighted by molar-refractivity contribution is 0.0178. The molecule has 3 heterocycles. The molecule has 0 saturated heterocycles. The third-order valence-corrected chi connectivity index (χ3v) is 7.16. The molecule has 33 heavy (non-hydrogen) atoms. The Morgan fingerprint density at radius 1 is 1.27 bits per heavy atom. The summed E-state index contributed by atoms with van der Waals surface area (Å²) in [5, 5.41) is 11.8. The number of carbonyl (C=O) groups is 1. The van der Waals surface area contributed by atoms with E-state index < -0.39 is 11.7 Å². The van der Waals surface area contributed by atoms with Gasteiger partial charge in [-0.2, -0.15) is 0 Å². The molecule has 0 fully saturated rings. The van der Waals surface area contributed by atoms with Crippen molar-refractivity contribution in [3.63, 3.8) is 0 Å². The Kier molecular flexibility index (Phi) is 6.69. The Bertz CT molecular complexity index is 1190. The van der Waals surface area contributed by atoms with Gasteiger partial charge in [0.25, 0.3) is 0 Å². The fraction of sp³-hybridized carbons (Fsp3) is 0.375. The maximum absolute atomic E-state index is 13.2. The number of aliphatic hydroxyl groups excluding tert-OH is 1. The first kappa shape index (κ1) is 24.0. The summed E-state index contributed by atoms with van der Waals surface area (Å²) in [6.45, 7) is 8.05. The molecule has 2 unspecified atom stereocenters. The topological polar surface area (TPSA) is 75.6 Å². The Morgan fingerprint density at radius 3 is 2.73 bits per heavy atom. The second-order valence-electron chi connectivity index (χ2n) is 9.00. The molecule has 0 spiro atoms. The van der Waals surface area contributed by atoms with Gasteiger partial charge in [0.2, 0.25) is 0 Å². The van der Waals surface area contributed by atoms with Gasteiger partial charge in [-0.15, -0.1) is 11.3 Å².